The highest BCUT2D eigenvalue weighted by atomic mass is 16.5. The van der Waals surface area contributed by atoms with Gasteiger partial charge >= 0.3 is 11.9 Å². The standard InChI is InChI=1S/C36H40N2O6/c39-35(40)33-31(13-9-23-37-33)43-25-7-3-1-5-11-27-15-19-29(20-16-27)30-21-17-28(18-22-30)12-6-2-4-8-26-44-32-14-10-24-38-34(32)36(41)42/h9-10,13-24H,1-8,11-12,25-26H2,(H,39,40)(H,41,42). The number of benzene rings is 2. The molecule has 0 spiro atoms. The Bertz CT molecular complexity index is 1360. The first-order valence-corrected chi connectivity index (χ1v) is 15.3. The molecule has 0 radical (unpaired) electrons. The molecular formula is C36H40N2O6. The molecular weight excluding hydrogens is 556 g/mol. The highest BCUT2D eigenvalue weighted by Gasteiger charge is 2.12. The third-order valence-electron chi connectivity index (χ3n) is 7.42. The number of hydrogen-bond donors (Lipinski definition) is 2. The van der Waals surface area contributed by atoms with Crippen molar-refractivity contribution < 1.29 is 29.3 Å². The number of aromatic nitrogens is 2. The Morgan fingerprint density at radius 3 is 1.30 bits per heavy atom. The summed E-state index contributed by atoms with van der Waals surface area (Å²) in [6.45, 7) is 0.973. The lowest BCUT2D eigenvalue weighted by Gasteiger charge is -2.09. The molecule has 8 heteroatoms. The second-order valence-corrected chi connectivity index (χ2v) is 10.7. The number of aryl methyl sites for hydroxylation is 2. The minimum absolute atomic E-state index is 0.0416. The van der Waals surface area contributed by atoms with E-state index in [1.807, 2.05) is 0 Å². The minimum Gasteiger partial charge on any atom is -0.491 e. The van der Waals surface area contributed by atoms with Crippen LogP contribution in [0.25, 0.3) is 11.1 Å². The third-order valence-corrected chi connectivity index (χ3v) is 7.42. The van der Waals surface area contributed by atoms with Gasteiger partial charge in [-0.05, 0) is 85.0 Å². The highest BCUT2D eigenvalue weighted by molar-refractivity contribution is 5.88. The molecule has 0 aliphatic carbocycles. The normalized spacial score (nSPS) is 10.8. The molecule has 0 bridgehead atoms. The van der Waals surface area contributed by atoms with E-state index < -0.39 is 11.9 Å². The van der Waals surface area contributed by atoms with Crippen LogP contribution in [0.15, 0.2) is 85.2 Å². The van der Waals surface area contributed by atoms with Gasteiger partial charge in [-0.3, -0.25) is 0 Å². The number of hydrogen-bond acceptors (Lipinski definition) is 6. The smallest absolute Gasteiger partial charge is 0.358 e. The molecule has 2 N–H and O–H groups in total. The van der Waals surface area contributed by atoms with Crippen molar-refractivity contribution in [3.8, 4) is 22.6 Å². The topological polar surface area (TPSA) is 119 Å². The average molecular weight is 597 g/mol. The quantitative estimate of drug-likeness (QED) is 0.105. The second kappa shape index (κ2) is 17.4. The average Bonchev–Trinajstić information content (AvgIpc) is 3.04. The van der Waals surface area contributed by atoms with E-state index in [2.05, 4.69) is 58.5 Å². The van der Waals surface area contributed by atoms with Crippen LogP contribution in [-0.4, -0.2) is 45.3 Å². The van der Waals surface area contributed by atoms with Crippen molar-refractivity contribution in [3.05, 3.63) is 108 Å². The summed E-state index contributed by atoms with van der Waals surface area (Å²) in [6, 6.07) is 24.3. The number of unbranched alkanes of at least 4 members (excludes halogenated alkanes) is 6. The predicted octanol–water partition coefficient (Wildman–Crippen LogP) is 7.90. The van der Waals surface area contributed by atoms with Crippen LogP contribution in [-0.2, 0) is 12.8 Å². The first kappa shape index (κ1) is 32.2. The van der Waals surface area contributed by atoms with Crippen molar-refractivity contribution >= 4 is 11.9 Å². The van der Waals surface area contributed by atoms with Gasteiger partial charge in [0, 0.05) is 12.4 Å². The summed E-state index contributed by atoms with van der Waals surface area (Å²) in [5.74, 6) is -1.50. The summed E-state index contributed by atoms with van der Waals surface area (Å²) < 4.78 is 11.2. The van der Waals surface area contributed by atoms with Crippen LogP contribution in [0.3, 0.4) is 0 Å². The maximum Gasteiger partial charge on any atom is 0.358 e. The third kappa shape index (κ3) is 10.2. The molecule has 230 valence electrons. The van der Waals surface area contributed by atoms with Gasteiger partial charge in [-0.15, -0.1) is 0 Å². The molecule has 0 saturated heterocycles. The number of ether oxygens (including phenoxy) is 2. The van der Waals surface area contributed by atoms with Crippen molar-refractivity contribution in [2.24, 2.45) is 0 Å². The van der Waals surface area contributed by atoms with Crippen LogP contribution in [0.4, 0.5) is 0 Å². The lowest BCUT2D eigenvalue weighted by molar-refractivity contribution is 0.0674. The van der Waals surface area contributed by atoms with Gasteiger partial charge in [-0.2, -0.15) is 0 Å². The maximum absolute atomic E-state index is 11.2. The maximum atomic E-state index is 11.2. The van der Waals surface area contributed by atoms with E-state index in [9.17, 15) is 19.8 Å². The molecule has 4 rings (SSSR count). The largest absolute Gasteiger partial charge is 0.491 e. The number of pyridine rings is 2. The van der Waals surface area contributed by atoms with Crippen molar-refractivity contribution in [3.63, 3.8) is 0 Å². The summed E-state index contributed by atoms with van der Waals surface area (Å²) >= 11 is 0. The summed E-state index contributed by atoms with van der Waals surface area (Å²) in [7, 11) is 0. The Morgan fingerprint density at radius 1 is 0.523 bits per heavy atom. The molecule has 0 fully saturated rings. The Hall–Kier alpha value is -4.72. The molecule has 0 aliphatic rings. The van der Waals surface area contributed by atoms with Crippen molar-refractivity contribution in [1.82, 2.24) is 9.97 Å². The Morgan fingerprint density at radius 2 is 0.909 bits per heavy atom. The van der Waals surface area contributed by atoms with Gasteiger partial charge in [-0.25, -0.2) is 19.6 Å². The second-order valence-electron chi connectivity index (χ2n) is 10.7. The number of carboxylic acids is 2. The number of carboxylic acid groups (broad SMARTS) is 2. The zero-order chi connectivity index (χ0) is 31.0. The molecule has 0 atom stereocenters. The van der Waals surface area contributed by atoms with Crippen molar-refractivity contribution in [2.45, 2.75) is 64.2 Å². The van der Waals surface area contributed by atoms with Crippen molar-refractivity contribution in [2.75, 3.05) is 13.2 Å². The molecule has 0 aliphatic heterocycles. The SMILES string of the molecule is O=C(O)c1ncccc1OCCCCCCc1ccc(-c2ccc(CCCCCCOc3cccnc3C(=O)O)cc2)cc1. The van der Waals surface area contributed by atoms with E-state index in [0.717, 1.165) is 64.2 Å². The number of rotatable bonds is 19. The molecule has 0 saturated carbocycles. The fourth-order valence-electron chi connectivity index (χ4n) is 5.00. The van der Waals surface area contributed by atoms with Crippen LogP contribution in [0, 0.1) is 0 Å². The summed E-state index contributed by atoms with van der Waals surface area (Å²) in [5, 5.41) is 18.4. The van der Waals surface area contributed by atoms with Crippen LogP contribution in [0.5, 0.6) is 11.5 Å². The zero-order valence-corrected chi connectivity index (χ0v) is 25.0. The fourth-order valence-corrected chi connectivity index (χ4v) is 5.00. The van der Waals surface area contributed by atoms with Crippen LogP contribution in [0.2, 0.25) is 0 Å². The molecule has 2 aromatic heterocycles. The molecule has 2 heterocycles. The van der Waals surface area contributed by atoms with Gasteiger partial charge in [-0.1, -0.05) is 74.2 Å². The molecule has 44 heavy (non-hydrogen) atoms. The van der Waals surface area contributed by atoms with E-state index >= 15 is 0 Å². The van der Waals surface area contributed by atoms with E-state index in [-0.39, 0.29) is 11.4 Å². The van der Waals surface area contributed by atoms with Gasteiger partial charge in [0.1, 0.15) is 0 Å². The van der Waals surface area contributed by atoms with E-state index in [1.54, 1.807) is 24.3 Å². The summed E-state index contributed by atoms with van der Waals surface area (Å²) in [5.41, 5.74) is 5.01. The Balaban J connectivity index is 1.07. The van der Waals surface area contributed by atoms with Crippen molar-refractivity contribution in [1.29, 1.82) is 0 Å². The first-order valence-electron chi connectivity index (χ1n) is 15.3. The lowest BCUT2D eigenvalue weighted by Crippen LogP contribution is -2.06. The first-order chi connectivity index (χ1) is 21.5. The minimum atomic E-state index is -1.08. The lowest BCUT2D eigenvalue weighted by atomic mass is 9.99. The number of aromatic carboxylic acids is 2. The van der Waals surface area contributed by atoms with E-state index in [1.165, 1.54) is 34.6 Å². The Kier molecular flexibility index (Phi) is 12.7. The van der Waals surface area contributed by atoms with Crippen LogP contribution < -0.4 is 9.47 Å². The van der Waals surface area contributed by atoms with Crippen LogP contribution >= 0.6 is 0 Å². The molecule has 2 aromatic carbocycles. The van der Waals surface area contributed by atoms with Gasteiger partial charge in [0.25, 0.3) is 0 Å². The monoisotopic (exact) mass is 596 g/mol. The van der Waals surface area contributed by atoms with Gasteiger partial charge < -0.3 is 19.7 Å². The summed E-state index contributed by atoms with van der Waals surface area (Å²) in [4.78, 5) is 30.1. The molecule has 8 nitrogen and oxygen atoms in total. The highest BCUT2D eigenvalue weighted by Crippen LogP contribution is 2.22. The molecule has 0 amide bonds. The van der Waals surface area contributed by atoms with Gasteiger partial charge in [0.05, 0.1) is 13.2 Å². The predicted molar refractivity (Wildman–Crippen MR) is 170 cm³/mol. The fraction of sp³-hybridized carbons (Fsp3) is 0.333. The molecule has 4 aromatic rings. The number of nitrogens with zero attached hydrogens (tertiary/aromatic N) is 2. The van der Waals surface area contributed by atoms with Gasteiger partial charge in [0.2, 0.25) is 0 Å². The number of carbonyl (C=O) groups is 2. The summed E-state index contributed by atoms with van der Waals surface area (Å²) in [6.07, 6.45) is 13.2. The van der Waals surface area contributed by atoms with Crippen LogP contribution in [0.1, 0.15) is 83.5 Å². The van der Waals surface area contributed by atoms with Gasteiger partial charge in [0.15, 0.2) is 22.9 Å². The van der Waals surface area contributed by atoms with E-state index in [4.69, 9.17) is 9.47 Å². The Labute approximate surface area is 258 Å². The zero-order valence-electron chi connectivity index (χ0n) is 25.0. The van der Waals surface area contributed by atoms with E-state index in [0.29, 0.717) is 24.7 Å². The molecule has 0 unspecified atom stereocenters.